The summed E-state index contributed by atoms with van der Waals surface area (Å²) in [5.74, 6) is 0.246. The van der Waals surface area contributed by atoms with Gasteiger partial charge in [0, 0.05) is 11.0 Å². The number of Topliss-reactive ketones (excluding diaryl/α,β-unsaturated/α-hetero) is 1. The first-order chi connectivity index (χ1) is 6.62. The van der Waals surface area contributed by atoms with Crippen LogP contribution in [0.3, 0.4) is 0 Å². The molecule has 0 N–H and O–H groups in total. The number of carbonyl (C=O) groups is 1. The topological polar surface area (TPSA) is 17.1 Å². The molecule has 1 aliphatic carbocycles. The molecule has 2 radical (unpaired) electrons. The third kappa shape index (κ3) is 1.49. The van der Waals surface area contributed by atoms with Crippen molar-refractivity contribution in [3.8, 4) is 0 Å². The first kappa shape index (κ1) is 9.51. The van der Waals surface area contributed by atoms with Gasteiger partial charge < -0.3 is 0 Å². The van der Waals surface area contributed by atoms with Gasteiger partial charge in [0.2, 0.25) is 0 Å². The maximum atomic E-state index is 12.0. The molecular weight excluding hydrogens is 171 g/mol. The van der Waals surface area contributed by atoms with Crippen LogP contribution in [0, 0.1) is 5.41 Å². The fraction of sp³-hybridized carbons (Fsp3) is 0.417. The summed E-state index contributed by atoms with van der Waals surface area (Å²) in [4.78, 5) is 12.0. The number of hydrogen-bond acceptors (Lipinski definition) is 1. The second kappa shape index (κ2) is 3.27. The SMILES string of the molecule is [B]c1cccc(C(=O)C2(C)CCC2)c1. The van der Waals surface area contributed by atoms with Gasteiger partial charge in [0.25, 0.3) is 0 Å². The van der Waals surface area contributed by atoms with Gasteiger partial charge >= 0.3 is 0 Å². The van der Waals surface area contributed by atoms with E-state index in [2.05, 4.69) is 0 Å². The van der Waals surface area contributed by atoms with E-state index in [1.165, 1.54) is 6.42 Å². The first-order valence-electron chi connectivity index (χ1n) is 5.02. The van der Waals surface area contributed by atoms with E-state index in [-0.39, 0.29) is 11.2 Å². The average molecular weight is 184 g/mol. The average Bonchev–Trinajstić information content (AvgIpc) is 2.13. The molecule has 1 nitrogen and oxygen atoms in total. The molecule has 0 atom stereocenters. The second-order valence-corrected chi connectivity index (χ2v) is 4.37. The van der Waals surface area contributed by atoms with Crippen molar-refractivity contribution in [2.45, 2.75) is 26.2 Å². The summed E-state index contributed by atoms with van der Waals surface area (Å²) < 4.78 is 0. The van der Waals surface area contributed by atoms with Crippen LogP contribution in [0.4, 0.5) is 0 Å². The Hall–Kier alpha value is -1.05. The summed E-state index contributed by atoms with van der Waals surface area (Å²) in [5, 5.41) is 0. The van der Waals surface area contributed by atoms with Gasteiger partial charge in [0.15, 0.2) is 5.78 Å². The van der Waals surface area contributed by atoms with Crippen LogP contribution in [0.1, 0.15) is 36.5 Å². The highest BCUT2D eigenvalue weighted by Crippen LogP contribution is 2.42. The van der Waals surface area contributed by atoms with Crippen LogP contribution >= 0.6 is 0 Å². The summed E-state index contributed by atoms with van der Waals surface area (Å²) >= 11 is 0. The highest BCUT2D eigenvalue weighted by molar-refractivity contribution is 6.32. The maximum Gasteiger partial charge on any atom is 0.168 e. The molecule has 1 aromatic rings. The summed E-state index contributed by atoms with van der Waals surface area (Å²) in [6.45, 7) is 2.04. The largest absolute Gasteiger partial charge is 0.294 e. The Morgan fingerprint density at radius 1 is 1.43 bits per heavy atom. The minimum absolute atomic E-state index is 0.117. The van der Waals surface area contributed by atoms with E-state index >= 15 is 0 Å². The third-order valence-electron chi connectivity index (χ3n) is 3.15. The molecule has 0 heterocycles. The minimum Gasteiger partial charge on any atom is -0.294 e. The van der Waals surface area contributed by atoms with Crippen molar-refractivity contribution >= 4 is 19.1 Å². The van der Waals surface area contributed by atoms with Gasteiger partial charge in [-0.15, -0.1) is 0 Å². The molecule has 70 valence electrons. The van der Waals surface area contributed by atoms with Gasteiger partial charge in [-0.3, -0.25) is 4.79 Å². The lowest BCUT2D eigenvalue weighted by atomic mass is 9.66. The zero-order valence-corrected chi connectivity index (χ0v) is 8.42. The minimum atomic E-state index is -0.117. The quantitative estimate of drug-likeness (QED) is 0.506. The van der Waals surface area contributed by atoms with Crippen molar-refractivity contribution < 1.29 is 4.79 Å². The lowest BCUT2D eigenvalue weighted by Gasteiger charge is -2.36. The van der Waals surface area contributed by atoms with E-state index in [0.717, 1.165) is 18.4 Å². The van der Waals surface area contributed by atoms with E-state index in [4.69, 9.17) is 7.85 Å². The van der Waals surface area contributed by atoms with Gasteiger partial charge in [-0.25, -0.2) is 0 Å². The number of hydrogen-bond donors (Lipinski definition) is 0. The summed E-state index contributed by atoms with van der Waals surface area (Å²) in [7, 11) is 5.65. The van der Waals surface area contributed by atoms with Gasteiger partial charge in [0.05, 0.1) is 0 Å². The van der Waals surface area contributed by atoms with Crippen LogP contribution in [0.5, 0.6) is 0 Å². The van der Waals surface area contributed by atoms with Crippen LogP contribution < -0.4 is 5.46 Å². The second-order valence-electron chi connectivity index (χ2n) is 4.37. The van der Waals surface area contributed by atoms with Crippen LogP contribution in [-0.4, -0.2) is 13.6 Å². The predicted octanol–water partition coefficient (Wildman–Crippen LogP) is 1.85. The van der Waals surface area contributed by atoms with Gasteiger partial charge in [-0.05, 0) is 12.8 Å². The first-order valence-corrected chi connectivity index (χ1v) is 5.02. The summed E-state index contributed by atoms with van der Waals surface area (Å²) in [5.41, 5.74) is 1.30. The van der Waals surface area contributed by atoms with Crippen molar-refractivity contribution in [2.24, 2.45) is 5.41 Å². The molecule has 1 aromatic carbocycles. The van der Waals surface area contributed by atoms with E-state index < -0.39 is 0 Å². The summed E-state index contributed by atoms with van der Waals surface area (Å²) in [6.07, 6.45) is 3.20. The fourth-order valence-corrected chi connectivity index (χ4v) is 1.96. The Kier molecular flexibility index (Phi) is 2.22. The van der Waals surface area contributed by atoms with Crippen molar-refractivity contribution in [3.63, 3.8) is 0 Å². The number of carbonyl (C=O) groups excluding carboxylic acids is 1. The normalized spacial score (nSPS) is 18.6. The molecule has 0 aromatic heterocycles. The molecular formula is C12H13BO. The predicted molar refractivity (Wildman–Crippen MR) is 58.1 cm³/mol. The van der Waals surface area contributed by atoms with E-state index in [9.17, 15) is 4.79 Å². The standard InChI is InChI=1S/C12H13BO/c1-12(6-3-7-12)11(14)9-4-2-5-10(13)8-9/h2,4-5,8H,3,6-7H2,1H3. The molecule has 0 saturated heterocycles. The van der Waals surface area contributed by atoms with Crippen LogP contribution in [-0.2, 0) is 0 Å². The lowest BCUT2D eigenvalue weighted by Crippen LogP contribution is -2.35. The smallest absolute Gasteiger partial charge is 0.168 e. The van der Waals surface area contributed by atoms with Crippen molar-refractivity contribution in [2.75, 3.05) is 0 Å². The maximum absolute atomic E-state index is 12.0. The van der Waals surface area contributed by atoms with Crippen LogP contribution in [0.25, 0.3) is 0 Å². The van der Waals surface area contributed by atoms with Gasteiger partial charge in [0.1, 0.15) is 7.85 Å². The van der Waals surface area contributed by atoms with E-state index in [1.807, 2.05) is 19.1 Å². The Bertz CT molecular complexity index is 366. The lowest BCUT2D eigenvalue weighted by molar-refractivity contribution is 0.0664. The molecule has 0 spiro atoms. The number of benzene rings is 1. The monoisotopic (exact) mass is 184 g/mol. The van der Waals surface area contributed by atoms with Crippen LogP contribution in [0.2, 0.25) is 0 Å². The Morgan fingerprint density at radius 2 is 2.14 bits per heavy atom. The summed E-state index contributed by atoms with van der Waals surface area (Å²) in [6, 6.07) is 7.26. The van der Waals surface area contributed by atoms with E-state index in [1.54, 1.807) is 12.1 Å². The van der Waals surface area contributed by atoms with Crippen molar-refractivity contribution in [3.05, 3.63) is 29.8 Å². The molecule has 1 saturated carbocycles. The Balaban J connectivity index is 2.27. The fourth-order valence-electron chi connectivity index (χ4n) is 1.96. The third-order valence-corrected chi connectivity index (χ3v) is 3.15. The van der Waals surface area contributed by atoms with E-state index in [0.29, 0.717) is 5.46 Å². The number of rotatable bonds is 2. The zero-order chi connectivity index (χ0) is 10.2. The molecule has 1 fully saturated rings. The molecule has 0 bridgehead atoms. The van der Waals surface area contributed by atoms with Crippen LogP contribution in [0.15, 0.2) is 24.3 Å². The molecule has 0 unspecified atom stereocenters. The zero-order valence-electron chi connectivity index (χ0n) is 8.42. The molecule has 0 amide bonds. The Morgan fingerprint density at radius 3 is 2.64 bits per heavy atom. The van der Waals surface area contributed by atoms with Crippen molar-refractivity contribution in [1.29, 1.82) is 0 Å². The number of ketones is 1. The molecule has 0 aliphatic heterocycles. The van der Waals surface area contributed by atoms with Crippen molar-refractivity contribution in [1.82, 2.24) is 0 Å². The molecule has 14 heavy (non-hydrogen) atoms. The molecule has 2 rings (SSSR count). The molecule has 1 aliphatic rings. The van der Waals surface area contributed by atoms with Gasteiger partial charge in [-0.2, -0.15) is 0 Å². The highest BCUT2D eigenvalue weighted by atomic mass is 16.1. The highest BCUT2D eigenvalue weighted by Gasteiger charge is 2.39. The van der Waals surface area contributed by atoms with Gasteiger partial charge in [-0.1, -0.05) is 43.1 Å². The Labute approximate surface area is 85.9 Å². The molecule has 2 heteroatoms.